The third-order valence-electron chi connectivity index (χ3n) is 4.23. The lowest BCUT2D eigenvalue weighted by molar-refractivity contribution is 0.205. The first-order valence-corrected chi connectivity index (χ1v) is 7.24. The van der Waals surface area contributed by atoms with Crippen molar-refractivity contribution in [3.63, 3.8) is 0 Å². The van der Waals surface area contributed by atoms with Gasteiger partial charge in [-0.2, -0.15) is 0 Å². The molecule has 3 unspecified atom stereocenters. The second-order valence-electron chi connectivity index (χ2n) is 5.02. The maximum absolute atomic E-state index is 3.54. The molecule has 1 nitrogen and oxygen atoms in total. The minimum absolute atomic E-state index is 1.03. The van der Waals surface area contributed by atoms with Gasteiger partial charge >= 0.3 is 0 Å². The Morgan fingerprint density at radius 3 is 2.64 bits per heavy atom. The van der Waals surface area contributed by atoms with E-state index in [9.17, 15) is 0 Å². The summed E-state index contributed by atoms with van der Waals surface area (Å²) in [5, 5.41) is 1.13. The molecule has 0 aliphatic heterocycles. The lowest BCUT2D eigenvalue weighted by atomic mass is 9.88. The Balaban J connectivity index is 1.79. The Morgan fingerprint density at radius 2 is 2.14 bits per heavy atom. The van der Waals surface area contributed by atoms with Gasteiger partial charge in [-0.1, -0.05) is 29.3 Å². The van der Waals surface area contributed by atoms with Gasteiger partial charge in [-0.3, -0.25) is 0 Å². The molecule has 0 radical (unpaired) electrons. The lowest BCUT2D eigenvalue weighted by Crippen LogP contribution is -2.33. The molecule has 0 aromatic carbocycles. The van der Waals surface area contributed by atoms with Gasteiger partial charge in [0.15, 0.2) is 0 Å². The van der Waals surface area contributed by atoms with Crippen LogP contribution in [-0.4, -0.2) is 29.9 Å². The molecule has 0 N–H and O–H groups in total. The molecule has 2 rings (SSSR count). The van der Waals surface area contributed by atoms with Gasteiger partial charge in [-0.15, -0.1) is 0 Å². The monoisotopic (exact) mass is 259 g/mol. The molecule has 2 aliphatic carbocycles. The number of nitrogens with zero attached hydrogens (tertiary/aromatic N) is 1. The van der Waals surface area contributed by atoms with Crippen molar-refractivity contribution in [3.8, 4) is 0 Å². The van der Waals surface area contributed by atoms with E-state index >= 15 is 0 Å². The van der Waals surface area contributed by atoms with Crippen LogP contribution in [0.2, 0.25) is 0 Å². The number of alkyl halides is 1. The van der Waals surface area contributed by atoms with Crippen LogP contribution < -0.4 is 0 Å². The smallest absolute Gasteiger partial charge is 0.0159 e. The van der Waals surface area contributed by atoms with Gasteiger partial charge in [-0.05, 0) is 43.6 Å². The molecule has 2 heteroatoms. The zero-order chi connectivity index (χ0) is 9.97. The topological polar surface area (TPSA) is 3.24 Å². The summed E-state index contributed by atoms with van der Waals surface area (Å²) in [5.41, 5.74) is 0. The molecule has 2 saturated carbocycles. The van der Waals surface area contributed by atoms with Gasteiger partial charge < -0.3 is 4.90 Å². The summed E-state index contributed by atoms with van der Waals surface area (Å²) < 4.78 is 0. The zero-order valence-electron chi connectivity index (χ0n) is 9.21. The summed E-state index contributed by atoms with van der Waals surface area (Å²) in [6.07, 6.45) is 6.15. The minimum atomic E-state index is 1.03. The van der Waals surface area contributed by atoms with Crippen LogP contribution >= 0.6 is 15.9 Å². The van der Waals surface area contributed by atoms with Crippen molar-refractivity contribution < 1.29 is 0 Å². The fourth-order valence-corrected chi connectivity index (χ4v) is 3.93. The first kappa shape index (κ1) is 10.9. The average molecular weight is 260 g/mol. The molecule has 82 valence electrons. The summed E-state index contributed by atoms with van der Waals surface area (Å²) in [6, 6.07) is 0. The summed E-state index contributed by atoms with van der Waals surface area (Å²) in [7, 11) is 0. The standard InChI is InChI=1S/C12H22BrN/c1-2-14(6-5-13)9-12-8-10-3-4-11(12)7-10/h10-12H,2-9H2,1H3. The van der Waals surface area contributed by atoms with Crippen molar-refractivity contribution in [3.05, 3.63) is 0 Å². The highest BCUT2D eigenvalue weighted by Crippen LogP contribution is 2.48. The summed E-state index contributed by atoms with van der Waals surface area (Å²) in [6.45, 7) is 6.10. The third kappa shape index (κ3) is 2.33. The number of hydrogen-bond donors (Lipinski definition) is 0. The van der Waals surface area contributed by atoms with Crippen molar-refractivity contribution in [2.75, 3.05) is 25.0 Å². The Kier molecular flexibility index (Phi) is 3.89. The van der Waals surface area contributed by atoms with E-state index < -0.39 is 0 Å². The van der Waals surface area contributed by atoms with Crippen molar-refractivity contribution in [1.29, 1.82) is 0 Å². The van der Waals surface area contributed by atoms with Crippen molar-refractivity contribution in [1.82, 2.24) is 4.90 Å². The molecule has 2 bridgehead atoms. The number of fused-ring (bicyclic) bond motifs is 2. The Hall–Kier alpha value is 0.440. The van der Waals surface area contributed by atoms with Crippen molar-refractivity contribution >= 4 is 15.9 Å². The van der Waals surface area contributed by atoms with Crippen molar-refractivity contribution in [2.45, 2.75) is 32.6 Å². The number of rotatable bonds is 5. The second kappa shape index (κ2) is 4.98. The first-order chi connectivity index (χ1) is 6.83. The Labute approximate surface area is 96.4 Å². The SMILES string of the molecule is CCN(CCBr)CC1CC2CCC1C2. The largest absolute Gasteiger partial charge is 0.302 e. The minimum Gasteiger partial charge on any atom is -0.302 e. The Bertz CT molecular complexity index is 183. The van der Waals surface area contributed by atoms with E-state index in [1.165, 1.54) is 38.9 Å². The summed E-state index contributed by atoms with van der Waals surface area (Å²) in [4.78, 5) is 2.61. The Morgan fingerprint density at radius 1 is 1.29 bits per heavy atom. The van der Waals surface area contributed by atoms with E-state index in [-0.39, 0.29) is 0 Å². The normalized spacial score (nSPS) is 35.8. The van der Waals surface area contributed by atoms with Gasteiger partial charge in [0.2, 0.25) is 0 Å². The molecular weight excluding hydrogens is 238 g/mol. The maximum atomic E-state index is 3.54. The van der Waals surface area contributed by atoms with E-state index in [0.717, 1.165) is 23.1 Å². The molecule has 0 spiro atoms. The third-order valence-corrected chi connectivity index (χ3v) is 4.58. The van der Waals surface area contributed by atoms with Gasteiger partial charge in [0, 0.05) is 18.4 Å². The molecule has 0 aromatic heterocycles. The molecule has 14 heavy (non-hydrogen) atoms. The molecule has 0 heterocycles. The first-order valence-electron chi connectivity index (χ1n) is 6.11. The van der Waals surface area contributed by atoms with E-state index in [0.29, 0.717) is 0 Å². The highest BCUT2D eigenvalue weighted by Gasteiger charge is 2.39. The fourth-order valence-electron chi connectivity index (χ4n) is 3.43. The molecule has 3 atom stereocenters. The van der Waals surface area contributed by atoms with Crippen LogP contribution in [-0.2, 0) is 0 Å². The molecular formula is C12H22BrN. The number of hydrogen-bond acceptors (Lipinski definition) is 1. The van der Waals surface area contributed by atoms with E-state index in [2.05, 4.69) is 27.8 Å². The molecule has 2 aliphatic rings. The highest BCUT2D eigenvalue weighted by atomic mass is 79.9. The van der Waals surface area contributed by atoms with E-state index in [4.69, 9.17) is 0 Å². The van der Waals surface area contributed by atoms with Crippen LogP contribution in [0.15, 0.2) is 0 Å². The average Bonchev–Trinajstić information content (AvgIpc) is 2.78. The summed E-state index contributed by atoms with van der Waals surface area (Å²) >= 11 is 3.54. The second-order valence-corrected chi connectivity index (χ2v) is 5.81. The van der Waals surface area contributed by atoms with Crippen molar-refractivity contribution in [2.24, 2.45) is 17.8 Å². The van der Waals surface area contributed by atoms with E-state index in [1.807, 2.05) is 0 Å². The summed E-state index contributed by atoms with van der Waals surface area (Å²) in [5.74, 6) is 3.23. The number of halogens is 1. The van der Waals surface area contributed by atoms with Crippen LogP contribution in [0.4, 0.5) is 0 Å². The predicted octanol–water partition coefficient (Wildman–Crippen LogP) is 3.14. The van der Waals surface area contributed by atoms with Gasteiger partial charge in [0.1, 0.15) is 0 Å². The zero-order valence-corrected chi connectivity index (χ0v) is 10.8. The quantitative estimate of drug-likeness (QED) is 0.686. The van der Waals surface area contributed by atoms with Crippen LogP contribution in [0, 0.1) is 17.8 Å². The predicted molar refractivity (Wildman–Crippen MR) is 64.8 cm³/mol. The fraction of sp³-hybridized carbons (Fsp3) is 1.00. The lowest BCUT2D eigenvalue weighted by Gasteiger charge is -2.28. The highest BCUT2D eigenvalue weighted by molar-refractivity contribution is 9.09. The molecule has 0 aromatic rings. The maximum Gasteiger partial charge on any atom is 0.0159 e. The van der Waals surface area contributed by atoms with Gasteiger partial charge in [0.05, 0.1) is 0 Å². The molecule has 0 saturated heterocycles. The molecule has 0 amide bonds. The van der Waals surface area contributed by atoms with Gasteiger partial charge in [-0.25, -0.2) is 0 Å². The van der Waals surface area contributed by atoms with Crippen LogP contribution in [0.3, 0.4) is 0 Å². The van der Waals surface area contributed by atoms with Crippen LogP contribution in [0.5, 0.6) is 0 Å². The van der Waals surface area contributed by atoms with Crippen LogP contribution in [0.1, 0.15) is 32.6 Å². The van der Waals surface area contributed by atoms with Gasteiger partial charge in [0.25, 0.3) is 0 Å². The van der Waals surface area contributed by atoms with E-state index in [1.54, 1.807) is 6.42 Å². The molecule has 2 fully saturated rings. The van der Waals surface area contributed by atoms with Crippen LogP contribution in [0.25, 0.3) is 0 Å².